The fraction of sp³-hybridized carbons (Fsp3) is 0.389. The van der Waals surface area contributed by atoms with Gasteiger partial charge in [0.15, 0.2) is 5.11 Å². The first-order valence-corrected chi connectivity index (χ1v) is 8.74. The number of rotatable bonds is 5. The molecule has 1 fully saturated rings. The highest BCUT2D eigenvalue weighted by molar-refractivity contribution is 7.80. The van der Waals surface area contributed by atoms with E-state index in [9.17, 15) is 4.79 Å². The molecule has 6 nitrogen and oxygen atoms in total. The van der Waals surface area contributed by atoms with Gasteiger partial charge in [0.05, 0.1) is 17.7 Å². The second-order valence-corrected chi connectivity index (χ2v) is 6.70. The van der Waals surface area contributed by atoms with E-state index in [-0.39, 0.29) is 11.9 Å². The highest BCUT2D eigenvalue weighted by Gasteiger charge is 2.26. The van der Waals surface area contributed by atoms with Crippen LogP contribution in [0.4, 0.5) is 0 Å². The lowest BCUT2D eigenvalue weighted by Crippen LogP contribution is -2.50. The van der Waals surface area contributed by atoms with Crippen LogP contribution in [0.5, 0.6) is 0 Å². The van der Waals surface area contributed by atoms with Gasteiger partial charge in [-0.15, -0.1) is 0 Å². The third kappa shape index (κ3) is 4.43. The molecule has 1 heterocycles. The summed E-state index contributed by atoms with van der Waals surface area (Å²) in [7, 11) is 1.63. The maximum absolute atomic E-state index is 12.7. The van der Waals surface area contributed by atoms with E-state index in [4.69, 9.17) is 17.0 Å². The Balaban J connectivity index is 1.72. The molecule has 0 radical (unpaired) electrons. The number of carbonyl (C=O) groups is 1. The third-order valence-corrected chi connectivity index (χ3v) is 4.28. The molecule has 132 valence electrons. The zero-order valence-electron chi connectivity index (χ0n) is 14.3. The number of methoxy groups -OCH3 is 1. The Morgan fingerprint density at radius 1 is 1.36 bits per heavy atom. The Labute approximate surface area is 152 Å². The molecule has 25 heavy (non-hydrogen) atoms. The van der Waals surface area contributed by atoms with E-state index in [1.807, 2.05) is 37.3 Å². The number of ether oxygens (including phenoxy) is 1. The van der Waals surface area contributed by atoms with Crippen LogP contribution in [0.3, 0.4) is 0 Å². The monoisotopic (exact) mass is 358 g/mol. The zero-order valence-corrected chi connectivity index (χ0v) is 15.2. The lowest BCUT2D eigenvalue weighted by Gasteiger charge is -2.17. The van der Waals surface area contributed by atoms with E-state index < -0.39 is 0 Å². The number of hydrogen-bond donors (Lipinski definition) is 3. The predicted molar refractivity (Wildman–Crippen MR) is 101 cm³/mol. The van der Waals surface area contributed by atoms with Gasteiger partial charge in [0.2, 0.25) is 0 Å². The Bertz CT molecular complexity index is 792. The number of thiocarbonyl (C=S) groups is 1. The molecule has 0 bridgehead atoms. The Kier molecular flexibility index (Phi) is 5.45. The van der Waals surface area contributed by atoms with Crippen molar-refractivity contribution in [3.8, 4) is 0 Å². The van der Waals surface area contributed by atoms with Crippen LogP contribution in [0.1, 0.15) is 41.7 Å². The zero-order chi connectivity index (χ0) is 17.8. The van der Waals surface area contributed by atoms with Crippen molar-refractivity contribution in [3.63, 3.8) is 0 Å². The van der Waals surface area contributed by atoms with Crippen molar-refractivity contribution in [1.29, 1.82) is 0 Å². The summed E-state index contributed by atoms with van der Waals surface area (Å²) in [5.74, 6) is 0.241. The van der Waals surface area contributed by atoms with Crippen molar-refractivity contribution in [3.05, 3.63) is 41.6 Å². The third-order valence-electron chi connectivity index (χ3n) is 4.06. The topological polar surface area (TPSA) is 75.3 Å². The molecule has 1 atom stereocenters. The molecule has 1 aromatic carbocycles. The van der Waals surface area contributed by atoms with Crippen LogP contribution in [0.25, 0.3) is 10.9 Å². The van der Waals surface area contributed by atoms with Gasteiger partial charge in [-0.3, -0.25) is 20.6 Å². The minimum atomic E-state index is -0.232. The second kappa shape index (κ2) is 7.76. The van der Waals surface area contributed by atoms with Gasteiger partial charge in [0, 0.05) is 30.1 Å². The summed E-state index contributed by atoms with van der Waals surface area (Å²) in [4.78, 5) is 17.3. The minimum Gasteiger partial charge on any atom is -0.383 e. The molecule has 3 N–H and O–H groups in total. The standard InChI is InChI=1S/C18H22N4O2S/c1-11(10-24-2)19-18(25)22-21-17(23)14-9-16(12-7-8-12)20-15-6-4-3-5-13(14)15/h3-6,9,11-12H,7-8,10H2,1-2H3,(H,21,23)(H2,19,22,25)/t11-/m0/s1. The first-order chi connectivity index (χ1) is 12.1. The van der Waals surface area contributed by atoms with Crippen LogP contribution in [-0.4, -0.2) is 35.8 Å². The summed E-state index contributed by atoms with van der Waals surface area (Å²) < 4.78 is 5.04. The van der Waals surface area contributed by atoms with E-state index in [0.717, 1.165) is 29.4 Å². The van der Waals surface area contributed by atoms with E-state index in [2.05, 4.69) is 21.2 Å². The number of fused-ring (bicyclic) bond motifs is 1. The second-order valence-electron chi connectivity index (χ2n) is 6.30. The van der Waals surface area contributed by atoms with Gasteiger partial charge in [0.25, 0.3) is 5.91 Å². The molecule has 0 unspecified atom stereocenters. The molecular weight excluding hydrogens is 336 g/mol. The fourth-order valence-electron chi connectivity index (χ4n) is 2.70. The number of nitrogens with one attached hydrogen (secondary N) is 3. The predicted octanol–water partition coefficient (Wildman–Crippen LogP) is 2.26. The average Bonchev–Trinajstić information content (AvgIpc) is 3.44. The molecule has 0 aliphatic heterocycles. The SMILES string of the molecule is COC[C@H](C)NC(=S)NNC(=O)c1cc(C2CC2)nc2ccccc12. The van der Waals surface area contributed by atoms with Gasteiger partial charge >= 0.3 is 0 Å². The number of para-hydroxylation sites is 1. The number of amides is 1. The minimum absolute atomic E-state index is 0.0464. The summed E-state index contributed by atoms with van der Waals surface area (Å²) in [6.45, 7) is 2.47. The molecule has 0 saturated heterocycles. The molecule has 3 rings (SSSR count). The molecule has 1 saturated carbocycles. The van der Waals surface area contributed by atoms with Gasteiger partial charge in [-0.25, -0.2) is 0 Å². The summed E-state index contributed by atoms with van der Waals surface area (Å²) in [6.07, 6.45) is 2.27. The molecule has 2 aromatic rings. The maximum Gasteiger partial charge on any atom is 0.270 e. The van der Waals surface area contributed by atoms with Crippen molar-refractivity contribution in [2.24, 2.45) is 0 Å². The number of carbonyl (C=O) groups excluding carboxylic acids is 1. The number of nitrogens with zero attached hydrogens (tertiary/aromatic N) is 1. The number of hydrogen-bond acceptors (Lipinski definition) is 4. The Hall–Kier alpha value is -2.25. The summed E-state index contributed by atoms with van der Waals surface area (Å²) in [5, 5.41) is 4.21. The van der Waals surface area contributed by atoms with Gasteiger partial charge in [0.1, 0.15) is 0 Å². The van der Waals surface area contributed by atoms with Crippen LogP contribution in [0.2, 0.25) is 0 Å². The van der Waals surface area contributed by atoms with Crippen molar-refractivity contribution in [1.82, 2.24) is 21.2 Å². The normalized spacial score (nSPS) is 14.8. The molecule has 7 heteroatoms. The Morgan fingerprint density at radius 3 is 2.84 bits per heavy atom. The number of pyridine rings is 1. The van der Waals surface area contributed by atoms with Crippen molar-refractivity contribution in [2.45, 2.75) is 31.7 Å². The molecule has 0 spiro atoms. The van der Waals surface area contributed by atoms with E-state index in [1.165, 1.54) is 0 Å². The van der Waals surface area contributed by atoms with E-state index >= 15 is 0 Å². The van der Waals surface area contributed by atoms with E-state index in [1.54, 1.807) is 7.11 Å². The molecular formula is C18H22N4O2S. The molecule has 1 amide bonds. The summed E-state index contributed by atoms with van der Waals surface area (Å²) in [6, 6.07) is 9.62. The Morgan fingerprint density at radius 2 is 2.12 bits per heavy atom. The van der Waals surface area contributed by atoms with Crippen LogP contribution >= 0.6 is 12.2 Å². The quantitative estimate of drug-likeness (QED) is 0.562. The van der Waals surface area contributed by atoms with Crippen molar-refractivity contribution < 1.29 is 9.53 Å². The highest BCUT2D eigenvalue weighted by atomic mass is 32.1. The van der Waals surface area contributed by atoms with Crippen molar-refractivity contribution >= 4 is 34.1 Å². The van der Waals surface area contributed by atoms with Crippen LogP contribution < -0.4 is 16.2 Å². The molecule has 1 aliphatic rings. The van der Waals surface area contributed by atoms with Crippen LogP contribution in [0.15, 0.2) is 30.3 Å². The lowest BCUT2D eigenvalue weighted by atomic mass is 10.1. The highest BCUT2D eigenvalue weighted by Crippen LogP contribution is 2.40. The first kappa shape index (κ1) is 17.6. The largest absolute Gasteiger partial charge is 0.383 e. The average molecular weight is 358 g/mol. The maximum atomic E-state index is 12.7. The fourth-order valence-corrected chi connectivity index (χ4v) is 2.96. The number of aromatic nitrogens is 1. The molecule has 1 aliphatic carbocycles. The number of hydrazine groups is 1. The van der Waals surface area contributed by atoms with Gasteiger partial charge < -0.3 is 10.1 Å². The summed E-state index contributed by atoms with van der Waals surface area (Å²) in [5.41, 5.74) is 7.84. The van der Waals surface area contributed by atoms with Crippen LogP contribution in [-0.2, 0) is 4.74 Å². The van der Waals surface area contributed by atoms with Crippen LogP contribution in [0, 0.1) is 0 Å². The van der Waals surface area contributed by atoms with Gasteiger partial charge in [-0.2, -0.15) is 0 Å². The lowest BCUT2D eigenvalue weighted by molar-refractivity contribution is 0.0945. The smallest absolute Gasteiger partial charge is 0.270 e. The first-order valence-electron chi connectivity index (χ1n) is 8.34. The van der Waals surface area contributed by atoms with Crippen molar-refractivity contribution in [2.75, 3.05) is 13.7 Å². The molecule has 1 aromatic heterocycles. The van der Waals surface area contributed by atoms with E-state index in [0.29, 0.717) is 23.2 Å². The van der Waals surface area contributed by atoms with Gasteiger partial charge in [-0.05, 0) is 44.1 Å². The van der Waals surface area contributed by atoms with Gasteiger partial charge in [-0.1, -0.05) is 18.2 Å². The summed E-state index contributed by atoms with van der Waals surface area (Å²) >= 11 is 5.18. The number of benzene rings is 1.